The Morgan fingerprint density at radius 2 is 1.86 bits per heavy atom. The Balaban J connectivity index is 0.00000342. The van der Waals surface area contributed by atoms with Crippen LogP contribution < -0.4 is 44.1 Å². The number of hydrogen-bond acceptors (Lipinski definition) is 6. The Labute approximate surface area is 235 Å². The number of nitrogens with zero attached hydrogens (tertiary/aromatic N) is 3. The summed E-state index contributed by atoms with van der Waals surface area (Å²) in [5.41, 5.74) is 3.14. The molecule has 0 aliphatic heterocycles. The van der Waals surface area contributed by atoms with Crippen LogP contribution >= 0.6 is 23.2 Å². The van der Waals surface area contributed by atoms with Gasteiger partial charge in [0, 0.05) is 29.1 Å². The zero-order valence-electron chi connectivity index (χ0n) is 19.8. The van der Waals surface area contributed by atoms with E-state index in [2.05, 4.69) is 6.92 Å². The van der Waals surface area contributed by atoms with E-state index in [1.165, 1.54) is 6.92 Å². The number of pyridine rings is 1. The molecule has 0 aliphatic rings. The molecule has 0 saturated carbocycles. The Morgan fingerprint density at radius 1 is 1.14 bits per heavy atom. The molecular weight excluding hydrogens is 500 g/mol. The number of ether oxygens (including phenoxy) is 2. The molecule has 0 aliphatic carbocycles. The third-order valence-corrected chi connectivity index (χ3v) is 5.81. The molecule has 4 aromatic rings. The van der Waals surface area contributed by atoms with Crippen molar-refractivity contribution in [1.82, 2.24) is 14.8 Å². The molecule has 0 spiro atoms. The Bertz CT molecular complexity index is 1360. The van der Waals surface area contributed by atoms with E-state index in [0.29, 0.717) is 28.8 Å². The zero-order chi connectivity index (χ0) is 24.4. The third kappa shape index (κ3) is 6.11. The molecule has 2 aromatic heterocycles. The number of aliphatic carboxylic acids is 1. The molecule has 0 fully saturated rings. The van der Waals surface area contributed by atoms with E-state index in [-0.39, 0.29) is 40.3 Å². The van der Waals surface area contributed by atoms with Crippen LogP contribution in [0, 0.1) is 0 Å². The van der Waals surface area contributed by atoms with Crippen molar-refractivity contribution >= 4 is 40.1 Å². The van der Waals surface area contributed by atoms with Crippen molar-refractivity contribution in [2.75, 3.05) is 0 Å². The fourth-order valence-corrected chi connectivity index (χ4v) is 3.92. The van der Waals surface area contributed by atoms with Crippen molar-refractivity contribution in [2.45, 2.75) is 32.8 Å². The van der Waals surface area contributed by atoms with Gasteiger partial charge in [-0.1, -0.05) is 36.5 Å². The van der Waals surface area contributed by atoms with Gasteiger partial charge < -0.3 is 19.4 Å². The quantitative estimate of drug-likeness (QED) is 0.330. The smallest absolute Gasteiger partial charge is 0.546 e. The molecule has 0 amide bonds. The van der Waals surface area contributed by atoms with Crippen LogP contribution in [-0.4, -0.2) is 26.8 Å². The minimum absolute atomic E-state index is 0. The number of carbonyl (C=O) groups excluding carboxylic acids is 1. The van der Waals surface area contributed by atoms with Gasteiger partial charge in [-0.2, -0.15) is 5.10 Å². The van der Waals surface area contributed by atoms with E-state index in [4.69, 9.17) is 42.8 Å². The minimum atomic E-state index is -1.33. The number of carbonyl (C=O) groups is 1. The van der Waals surface area contributed by atoms with Gasteiger partial charge in [0.1, 0.15) is 23.3 Å². The van der Waals surface area contributed by atoms with Gasteiger partial charge in [-0.3, -0.25) is 4.68 Å². The van der Waals surface area contributed by atoms with E-state index in [9.17, 15) is 9.90 Å². The largest absolute Gasteiger partial charge is 1.00 e. The molecule has 4 rings (SSSR count). The van der Waals surface area contributed by atoms with Crippen molar-refractivity contribution in [1.29, 1.82) is 0 Å². The van der Waals surface area contributed by atoms with Gasteiger partial charge in [-0.15, -0.1) is 0 Å². The van der Waals surface area contributed by atoms with Crippen molar-refractivity contribution in [3.8, 4) is 28.6 Å². The Morgan fingerprint density at radius 3 is 2.51 bits per heavy atom. The summed E-state index contributed by atoms with van der Waals surface area (Å²) in [5.74, 6) is 0.0135. The molecular formula is C25H22Cl2N3NaO4. The number of halogens is 2. The molecule has 35 heavy (non-hydrogen) atoms. The van der Waals surface area contributed by atoms with Crippen LogP contribution in [0.1, 0.15) is 26.0 Å². The second-order valence-electron chi connectivity index (χ2n) is 7.80. The first-order valence-corrected chi connectivity index (χ1v) is 11.5. The number of hydrogen-bond donors (Lipinski definition) is 0. The maximum atomic E-state index is 11.1. The molecule has 7 nitrogen and oxygen atoms in total. The van der Waals surface area contributed by atoms with Crippen LogP contribution in [0.2, 0.25) is 10.0 Å². The van der Waals surface area contributed by atoms with Crippen LogP contribution in [-0.2, 0) is 18.3 Å². The normalized spacial score (nSPS) is 11.7. The van der Waals surface area contributed by atoms with Gasteiger partial charge in [0.25, 0.3) is 0 Å². The first-order chi connectivity index (χ1) is 16.3. The molecule has 0 bridgehead atoms. The zero-order valence-corrected chi connectivity index (χ0v) is 23.4. The van der Waals surface area contributed by atoms with Gasteiger partial charge in [0.15, 0.2) is 0 Å². The maximum Gasteiger partial charge on any atom is 1.00 e. The number of carboxylic acid groups (broad SMARTS) is 1. The molecule has 10 heteroatoms. The van der Waals surface area contributed by atoms with E-state index >= 15 is 0 Å². The molecule has 0 N–H and O–H groups in total. The van der Waals surface area contributed by atoms with Crippen LogP contribution in [0.25, 0.3) is 22.2 Å². The van der Waals surface area contributed by atoms with Crippen LogP contribution in [0.5, 0.6) is 17.4 Å². The molecule has 0 unspecified atom stereocenters. The number of benzene rings is 2. The van der Waals surface area contributed by atoms with E-state index in [0.717, 1.165) is 28.6 Å². The summed E-state index contributed by atoms with van der Waals surface area (Å²) in [6.07, 6.45) is 0.430. The first kappa shape index (κ1) is 27.3. The number of aryl methyl sites for hydroxylation is 2. The predicted molar refractivity (Wildman–Crippen MR) is 130 cm³/mol. The second-order valence-corrected chi connectivity index (χ2v) is 8.64. The van der Waals surface area contributed by atoms with Gasteiger partial charge in [-0.05, 0) is 55.8 Å². The van der Waals surface area contributed by atoms with Crippen LogP contribution in [0.15, 0.2) is 48.5 Å². The van der Waals surface area contributed by atoms with E-state index < -0.39 is 12.1 Å². The fourth-order valence-electron chi connectivity index (χ4n) is 3.59. The predicted octanol–water partition coefficient (Wildman–Crippen LogP) is 2.21. The van der Waals surface area contributed by atoms with Crippen molar-refractivity contribution < 1.29 is 48.9 Å². The molecule has 0 radical (unpaired) electrons. The van der Waals surface area contributed by atoms with E-state index in [1.807, 2.05) is 13.1 Å². The summed E-state index contributed by atoms with van der Waals surface area (Å²) in [7, 11) is 1.82. The molecule has 176 valence electrons. The summed E-state index contributed by atoms with van der Waals surface area (Å²) in [6.45, 7) is 3.46. The Hall–Kier alpha value is -2.29. The Kier molecular flexibility index (Phi) is 9.07. The van der Waals surface area contributed by atoms with Gasteiger partial charge >= 0.3 is 29.6 Å². The minimum Gasteiger partial charge on any atom is -0.546 e. The summed E-state index contributed by atoms with van der Waals surface area (Å²) in [6, 6.07) is 14.2. The first-order valence-electron chi connectivity index (χ1n) is 10.7. The maximum absolute atomic E-state index is 11.1. The fraction of sp³-hybridized carbons (Fsp3) is 0.240. The molecule has 1 atom stereocenters. The van der Waals surface area contributed by atoms with Gasteiger partial charge in [-0.25, -0.2) is 4.98 Å². The monoisotopic (exact) mass is 521 g/mol. The van der Waals surface area contributed by atoms with Crippen molar-refractivity contribution in [2.24, 2.45) is 7.05 Å². The summed E-state index contributed by atoms with van der Waals surface area (Å²) in [5, 5.41) is 17.5. The number of aromatic nitrogens is 3. The van der Waals surface area contributed by atoms with E-state index in [1.54, 1.807) is 47.1 Å². The molecule has 2 heterocycles. The van der Waals surface area contributed by atoms with Crippen molar-refractivity contribution in [3.05, 3.63) is 64.3 Å². The van der Waals surface area contributed by atoms with Gasteiger partial charge in [0.05, 0.1) is 22.2 Å². The average Bonchev–Trinajstić information content (AvgIpc) is 3.11. The van der Waals surface area contributed by atoms with Crippen LogP contribution in [0.4, 0.5) is 0 Å². The molecule has 2 aromatic carbocycles. The molecule has 0 saturated heterocycles. The topological polar surface area (TPSA) is 89.3 Å². The van der Waals surface area contributed by atoms with Crippen LogP contribution in [0.3, 0.4) is 0 Å². The summed E-state index contributed by atoms with van der Waals surface area (Å²) >= 11 is 12.3. The number of rotatable bonds is 8. The summed E-state index contributed by atoms with van der Waals surface area (Å²) in [4.78, 5) is 15.9. The van der Waals surface area contributed by atoms with Crippen molar-refractivity contribution in [3.63, 3.8) is 0 Å². The second kappa shape index (κ2) is 11.6. The number of carboxylic acids is 1. The SMILES string of the molecule is CCCc1nc(Oc2ccc(Cl)cc2)ccc1-c1nn(C)c2cc(Cl)c(O[C@@H](C)C(=O)[O-])cc12.[Na+]. The van der Waals surface area contributed by atoms with Gasteiger partial charge in [0.2, 0.25) is 5.88 Å². The average molecular weight is 522 g/mol. The summed E-state index contributed by atoms with van der Waals surface area (Å²) < 4.78 is 13.1. The number of fused-ring (bicyclic) bond motifs is 1. The third-order valence-electron chi connectivity index (χ3n) is 5.27. The standard InChI is InChI=1S/C25H23Cl2N3O4.Na/c1-4-5-20-17(10-11-23(28-20)34-16-8-6-15(26)7-9-16)24-18-12-22(33-14(2)25(31)32)19(27)13-21(18)30(3)29-24;/h6-14H,4-5H2,1-3H3,(H,31,32);/q;+1/p-1/t14-;/m0./s1.